The number of rotatable bonds is 4. The molecule has 0 bridgehead atoms. The van der Waals surface area contributed by atoms with Gasteiger partial charge in [-0.15, -0.1) is 0 Å². The molecule has 3 heteroatoms. The molecule has 0 aromatic rings. The zero-order chi connectivity index (χ0) is 10.4. The highest BCUT2D eigenvalue weighted by Crippen LogP contribution is 2.75. The maximum absolute atomic E-state index is 6.59. The van der Waals surface area contributed by atoms with Gasteiger partial charge < -0.3 is 4.43 Å². The van der Waals surface area contributed by atoms with Gasteiger partial charge in [-0.1, -0.05) is 51.4 Å². The van der Waals surface area contributed by atoms with Gasteiger partial charge in [-0.25, -0.2) is 0 Å². The molecule has 0 unspecified atom stereocenters. The summed E-state index contributed by atoms with van der Waals surface area (Å²) in [4.78, 5) is 0. The van der Waals surface area contributed by atoms with E-state index in [4.69, 9.17) is 4.43 Å². The van der Waals surface area contributed by atoms with Crippen LogP contribution in [0.15, 0.2) is 0 Å². The second kappa shape index (κ2) is 2.70. The van der Waals surface area contributed by atoms with Crippen LogP contribution in [0.2, 0.25) is 22.2 Å². The monoisotopic (exact) mass is 250 g/mol. The van der Waals surface area contributed by atoms with Crippen molar-refractivity contribution in [2.45, 2.75) is 73.5 Å². The van der Waals surface area contributed by atoms with Crippen LogP contribution in [0.5, 0.6) is 0 Å². The van der Waals surface area contributed by atoms with Gasteiger partial charge in [0, 0.05) is 6.23 Å². The molecule has 0 spiro atoms. The second-order valence-corrected chi connectivity index (χ2v) is 19.9. The van der Waals surface area contributed by atoms with Crippen LogP contribution in [-0.4, -0.2) is 21.7 Å². The smallest absolute Gasteiger partial charge is 0.188 e. The first-order chi connectivity index (χ1) is 7.88. The highest BCUT2D eigenvalue weighted by Gasteiger charge is 2.81. The summed E-state index contributed by atoms with van der Waals surface area (Å²) in [6, 6.07) is 0. The van der Waals surface area contributed by atoms with Crippen molar-refractivity contribution >= 4 is 15.4 Å². The fourth-order valence-electron chi connectivity index (χ4n) is 5.16. The molecule has 5 aliphatic rings. The Labute approximate surface area is 99.9 Å². The Bertz CT molecular complexity index is 282. The minimum atomic E-state index is -1.12. The highest BCUT2D eigenvalue weighted by molar-refractivity contribution is 7.45. The molecule has 5 rings (SSSR count). The molecule has 4 saturated carbocycles. The zero-order valence-corrected chi connectivity index (χ0v) is 12.1. The SMILES string of the molecule is C1CC1[Si]1(C2CC2)CO[Si]1(C1CC1)C1CC1. The van der Waals surface area contributed by atoms with Crippen molar-refractivity contribution < 1.29 is 4.43 Å². The van der Waals surface area contributed by atoms with Gasteiger partial charge in [0.1, 0.15) is 7.59 Å². The summed E-state index contributed by atoms with van der Waals surface area (Å²) in [6.07, 6.45) is 14.2. The van der Waals surface area contributed by atoms with Crippen molar-refractivity contribution in [2.24, 2.45) is 0 Å². The van der Waals surface area contributed by atoms with Gasteiger partial charge in [0.15, 0.2) is 7.83 Å². The lowest BCUT2D eigenvalue weighted by Gasteiger charge is -2.58. The minimum Gasteiger partial charge on any atom is -0.422 e. The van der Waals surface area contributed by atoms with E-state index in [0.29, 0.717) is 0 Å². The lowest BCUT2D eigenvalue weighted by molar-refractivity contribution is 0.325. The van der Waals surface area contributed by atoms with E-state index < -0.39 is 15.4 Å². The molecule has 16 heavy (non-hydrogen) atoms. The molecule has 1 aliphatic heterocycles. The number of hydrogen-bond donors (Lipinski definition) is 0. The van der Waals surface area contributed by atoms with Crippen LogP contribution in [0, 0.1) is 0 Å². The van der Waals surface area contributed by atoms with Gasteiger partial charge >= 0.3 is 0 Å². The van der Waals surface area contributed by atoms with E-state index in [1.165, 1.54) is 28.4 Å². The van der Waals surface area contributed by atoms with Crippen molar-refractivity contribution in [3.05, 3.63) is 0 Å². The Morgan fingerprint density at radius 3 is 1.31 bits per heavy atom. The molecule has 1 heterocycles. The highest BCUT2D eigenvalue weighted by atomic mass is 29.3. The molecule has 0 atom stereocenters. The van der Waals surface area contributed by atoms with Crippen LogP contribution in [0.1, 0.15) is 51.4 Å². The molecule has 0 N–H and O–H groups in total. The Morgan fingerprint density at radius 1 is 0.625 bits per heavy atom. The Hall–Kier alpha value is 0.394. The van der Waals surface area contributed by atoms with Crippen LogP contribution < -0.4 is 0 Å². The Morgan fingerprint density at radius 2 is 1.06 bits per heavy atom. The van der Waals surface area contributed by atoms with E-state index >= 15 is 0 Å². The summed E-state index contributed by atoms with van der Waals surface area (Å²) in [6.45, 7) is 0. The van der Waals surface area contributed by atoms with E-state index in [1.54, 1.807) is 51.4 Å². The fraction of sp³-hybridized carbons (Fsp3) is 1.00. The summed E-state index contributed by atoms with van der Waals surface area (Å²) >= 11 is 0. The fourth-order valence-corrected chi connectivity index (χ4v) is 29.8. The van der Waals surface area contributed by atoms with Crippen molar-refractivity contribution in [1.29, 1.82) is 0 Å². The Balaban J connectivity index is 1.59. The second-order valence-electron chi connectivity index (χ2n) is 7.22. The van der Waals surface area contributed by atoms with Gasteiger partial charge in [0.05, 0.1) is 0 Å². The normalized spacial score (nSPS) is 40.5. The maximum atomic E-state index is 6.59. The topological polar surface area (TPSA) is 9.23 Å². The third-order valence-electron chi connectivity index (χ3n) is 6.26. The molecule has 5 fully saturated rings. The van der Waals surface area contributed by atoms with E-state index in [-0.39, 0.29) is 0 Å². The molecule has 1 nitrogen and oxygen atoms in total. The third kappa shape index (κ3) is 0.941. The first-order valence-corrected chi connectivity index (χ1v) is 12.9. The van der Waals surface area contributed by atoms with Crippen LogP contribution in [-0.2, 0) is 4.43 Å². The van der Waals surface area contributed by atoms with Crippen LogP contribution >= 0.6 is 0 Å². The molecule has 0 aromatic carbocycles. The van der Waals surface area contributed by atoms with Gasteiger partial charge in [-0.2, -0.15) is 0 Å². The third-order valence-corrected chi connectivity index (χ3v) is 27.0. The van der Waals surface area contributed by atoms with Crippen molar-refractivity contribution in [3.63, 3.8) is 0 Å². The minimum absolute atomic E-state index is 0.840. The summed E-state index contributed by atoms with van der Waals surface area (Å²) in [5, 5.41) is 0. The molecular weight excluding hydrogens is 228 g/mol. The summed E-state index contributed by atoms with van der Waals surface area (Å²) < 4.78 is 6.59. The van der Waals surface area contributed by atoms with E-state index in [0.717, 1.165) is 0 Å². The average molecular weight is 250 g/mol. The summed E-state index contributed by atoms with van der Waals surface area (Å²) in [5.74, 6) is 0. The summed E-state index contributed by atoms with van der Waals surface area (Å²) in [5.41, 5.74) is 4.92. The predicted octanol–water partition coefficient (Wildman–Crippen LogP) is 3.68. The number of hydrogen-bond acceptors (Lipinski definition) is 1. The molecular formula is C13H22OSi2. The van der Waals surface area contributed by atoms with Gasteiger partial charge in [0.25, 0.3) is 0 Å². The average Bonchev–Trinajstić information content (AvgIpc) is 2.93. The molecule has 0 radical (unpaired) electrons. The predicted molar refractivity (Wildman–Crippen MR) is 69.4 cm³/mol. The van der Waals surface area contributed by atoms with Gasteiger partial charge in [-0.3, -0.25) is 0 Å². The Kier molecular flexibility index (Phi) is 1.57. The molecule has 1 saturated heterocycles. The summed E-state index contributed by atoms with van der Waals surface area (Å²) in [7, 11) is -1.96. The van der Waals surface area contributed by atoms with Crippen molar-refractivity contribution in [1.82, 2.24) is 0 Å². The van der Waals surface area contributed by atoms with Crippen LogP contribution in [0.3, 0.4) is 0 Å². The van der Waals surface area contributed by atoms with E-state index in [1.807, 2.05) is 0 Å². The first-order valence-electron chi connectivity index (χ1n) is 7.52. The lowest BCUT2D eigenvalue weighted by atomic mass is 10.9. The van der Waals surface area contributed by atoms with Crippen LogP contribution in [0.25, 0.3) is 0 Å². The maximum Gasteiger partial charge on any atom is 0.188 e. The van der Waals surface area contributed by atoms with E-state index in [2.05, 4.69) is 0 Å². The molecule has 0 aromatic heterocycles. The largest absolute Gasteiger partial charge is 0.422 e. The van der Waals surface area contributed by atoms with E-state index in [9.17, 15) is 0 Å². The van der Waals surface area contributed by atoms with Crippen molar-refractivity contribution in [3.8, 4) is 0 Å². The van der Waals surface area contributed by atoms with Gasteiger partial charge in [-0.05, 0) is 22.2 Å². The zero-order valence-electron chi connectivity index (χ0n) is 10.1. The molecule has 88 valence electrons. The first kappa shape index (κ1) is 9.34. The lowest BCUT2D eigenvalue weighted by Crippen LogP contribution is -2.79. The molecule has 0 amide bonds. The quantitative estimate of drug-likeness (QED) is 0.692. The van der Waals surface area contributed by atoms with Crippen molar-refractivity contribution in [2.75, 3.05) is 6.23 Å². The standard InChI is InChI=1S/C13H22OSi2/c1-2-10(1)15(11-3-4-11)9-14-16(15,12-5-6-12)13-7-8-13/h10-13H,1-9H2. The molecule has 4 aliphatic carbocycles. The van der Waals surface area contributed by atoms with Gasteiger partial charge in [0.2, 0.25) is 0 Å². The van der Waals surface area contributed by atoms with Crippen LogP contribution in [0.4, 0.5) is 0 Å².